The molecule has 1 unspecified atom stereocenters. The van der Waals surface area contributed by atoms with E-state index in [0.29, 0.717) is 5.56 Å². The Labute approximate surface area is 177 Å². The van der Waals surface area contributed by atoms with E-state index in [0.717, 1.165) is 43.7 Å². The molecule has 162 valence electrons. The lowest BCUT2D eigenvalue weighted by Gasteiger charge is -2.35. The highest BCUT2D eigenvalue weighted by Gasteiger charge is 2.30. The summed E-state index contributed by atoms with van der Waals surface area (Å²) in [5, 5.41) is 11.4. The van der Waals surface area contributed by atoms with E-state index >= 15 is 0 Å². The van der Waals surface area contributed by atoms with Crippen LogP contribution in [0.1, 0.15) is 36.4 Å². The second-order valence-corrected chi connectivity index (χ2v) is 9.12. The number of rotatable bonds is 8. The predicted octanol–water partition coefficient (Wildman–Crippen LogP) is 3.42. The fourth-order valence-electron chi connectivity index (χ4n) is 3.91. The van der Waals surface area contributed by atoms with E-state index in [4.69, 9.17) is 4.74 Å². The van der Waals surface area contributed by atoms with Crippen LogP contribution in [-0.4, -0.2) is 45.0 Å². The van der Waals surface area contributed by atoms with Gasteiger partial charge in [0.25, 0.3) is 5.69 Å². The Kier molecular flexibility index (Phi) is 7.06. The van der Waals surface area contributed by atoms with Crippen LogP contribution in [-0.2, 0) is 10.0 Å². The summed E-state index contributed by atoms with van der Waals surface area (Å²) in [6.07, 6.45) is 3.28. The quantitative estimate of drug-likeness (QED) is 0.506. The van der Waals surface area contributed by atoms with Crippen molar-refractivity contribution in [2.45, 2.75) is 37.1 Å². The summed E-state index contributed by atoms with van der Waals surface area (Å²) >= 11 is 0. The van der Waals surface area contributed by atoms with E-state index in [1.54, 1.807) is 20.1 Å². The number of likely N-dealkylation sites (tertiary alicyclic amines) is 1. The normalized spacial score (nSPS) is 16.2. The molecule has 2 aromatic carbocycles. The molecule has 0 amide bonds. The number of aryl methyl sites for hydroxylation is 1. The van der Waals surface area contributed by atoms with Gasteiger partial charge in [0, 0.05) is 18.7 Å². The van der Waals surface area contributed by atoms with Crippen molar-refractivity contribution in [3.05, 3.63) is 63.7 Å². The molecule has 30 heavy (non-hydrogen) atoms. The third-order valence-electron chi connectivity index (χ3n) is 5.46. The first-order valence-corrected chi connectivity index (χ1v) is 11.4. The zero-order chi connectivity index (χ0) is 21.7. The van der Waals surface area contributed by atoms with Gasteiger partial charge in [-0.25, -0.2) is 13.1 Å². The monoisotopic (exact) mass is 433 g/mol. The molecule has 1 aliphatic heterocycles. The maximum atomic E-state index is 13.0. The molecule has 1 N–H and O–H groups in total. The van der Waals surface area contributed by atoms with Gasteiger partial charge < -0.3 is 4.74 Å². The molecule has 2 aromatic rings. The Balaban J connectivity index is 1.89. The Hall–Kier alpha value is -2.49. The molecule has 1 fully saturated rings. The molecule has 0 spiro atoms. The molecule has 9 heteroatoms. The maximum Gasteiger partial charge on any atom is 0.289 e. The van der Waals surface area contributed by atoms with Crippen molar-refractivity contribution in [1.82, 2.24) is 9.62 Å². The second-order valence-electron chi connectivity index (χ2n) is 7.42. The average molecular weight is 434 g/mol. The number of nitro groups is 1. The van der Waals surface area contributed by atoms with Gasteiger partial charge in [0.2, 0.25) is 10.0 Å². The predicted molar refractivity (Wildman–Crippen MR) is 114 cm³/mol. The zero-order valence-electron chi connectivity index (χ0n) is 17.2. The number of hydrogen-bond acceptors (Lipinski definition) is 6. The Morgan fingerprint density at radius 2 is 1.80 bits per heavy atom. The molecular weight excluding hydrogens is 406 g/mol. The van der Waals surface area contributed by atoms with Crippen molar-refractivity contribution < 1.29 is 18.1 Å². The van der Waals surface area contributed by atoms with Crippen molar-refractivity contribution in [2.24, 2.45) is 0 Å². The molecule has 1 atom stereocenters. The maximum absolute atomic E-state index is 13.0. The molecule has 8 nitrogen and oxygen atoms in total. The first kappa shape index (κ1) is 22.2. The van der Waals surface area contributed by atoms with Gasteiger partial charge in [-0.15, -0.1) is 0 Å². The van der Waals surface area contributed by atoms with Crippen LogP contribution < -0.4 is 9.46 Å². The highest BCUT2D eigenvalue weighted by molar-refractivity contribution is 7.89. The van der Waals surface area contributed by atoms with Crippen LogP contribution in [0.25, 0.3) is 0 Å². The van der Waals surface area contributed by atoms with Crippen LogP contribution in [0.5, 0.6) is 5.75 Å². The second kappa shape index (κ2) is 9.55. The van der Waals surface area contributed by atoms with Gasteiger partial charge in [-0.2, -0.15) is 0 Å². The minimum Gasteiger partial charge on any atom is -0.497 e. The molecule has 0 radical (unpaired) electrons. The summed E-state index contributed by atoms with van der Waals surface area (Å²) < 4.78 is 33.9. The van der Waals surface area contributed by atoms with E-state index in [9.17, 15) is 18.5 Å². The molecule has 1 aliphatic rings. The minimum atomic E-state index is -4.06. The van der Waals surface area contributed by atoms with E-state index < -0.39 is 20.6 Å². The minimum absolute atomic E-state index is 0.125. The van der Waals surface area contributed by atoms with Gasteiger partial charge in [-0.3, -0.25) is 15.0 Å². The van der Waals surface area contributed by atoms with Crippen LogP contribution in [0.15, 0.2) is 47.4 Å². The highest BCUT2D eigenvalue weighted by atomic mass is 32.2. The zero-order valence-corrected chi connectivity index (χ0v) is 18.0. The van der Waals surface area contributed by atoms with Gasteiger partial charge in [0.15, 0.2) is 4.90 Å². The van der Waals surface area contributed by atoms with Crippen LogP contribution in [0.3, 0.4) is 0 Å². The Morgan fingerprint density at radius 3 is 2.40 bits per heavy atom. The molecule has 0 aliphatic carbocycles. The fourth-order valence-corrected chi connectivity index (χ4v) is 5.34. The summed E-state index contributed by atoms with van der Waals surface area (Å²) in [5.41, 5.74) is 0.900. The Bertz CT molecular complexity index is 986. The lowest BCUT2D eigenvalue weighted by atomic mass is 10.0. The molecule has 0 bridgehead atoms. The number of nitro benzene ring substituents is 1. The van der Waals surface area contributed by atoms with E-state index in [1.165, 1.54) is 12.1 Å². The highest BCUT2D eigenvalue weighted by Crippen LogP contribution is 2.29. The van der Waals surface area contributed by atoms with Crippen molar-refractivity contribution >= 4 is 15.7 Å². The number of methoxy groups -OCH3 is 1. The van der Waals surface area contributed by atoms with Crippen LogP contribution >= 0.6 is 0 Å². The standard InChI is InChI=1S/C21H27N3O5S/c1-16-7-6-8-19(24(25)26)21(16)30(27,28)22-15-20(23-13-4-3-5-14-23)17-9-11-18(29-2)12-10-17/h6-12,20,22H,3-5,13-15H2,1-2H3. The van der Waals surface area contributed by atoms with Gasteiger partial charge in [0.05, 0.1) is 12.0 Å². The van der Waals surface area contributed by atoms with Crippen LogP contribution in [0.2, 0.25) is 0 Å². The third kappa shape index (κ3) is 4.97. The van der Waals surface area contributed by atoms with Gasteiger partial charge >= 0.3 is 0 Å². The van der Waals surface area contributed by atoms with E-state index in [2.05, 4.69) is 9.62 Å². The third-order valence-corrected chi connectivity index (χ3v) is 7.07. The van der Waals surface area contributed by atoms with Gasteiger partial charge in [-0.05, 0) is 56.1 Å². The van der Waals surface area contributed by atoms with Crippen molar-refractivity contribution in [3.8, 4) is 5.75 Å². The number of hydrogen-bond donors (Lipinski definition) is 1. The van der Waals surface area contributed by atoms with Crippen molar-refractivity contribution in [3.63, 3.8) is 0 Å². The molecule has 1 heterocycles. The van der Waals surface area contributed by atoms with Gasteiger partial charge in [-0.1, -0.05) is 30.7 Å². The molecule has 0 aromatic heterocycles. The summed E-state index contributed by atoms with van der Waals surface area (Å²) in [6, 6.07) is 11.7. The molecule has 3 rings (SSSR count). The van der Waals surface area contributed by atoms with Crippen LogP contribution in [0.4, 0.5) is 5.69 Å². The number of ether oxygens (including phenoxy) is 1. The van der Waals surface area contributed by atoms with Gasteiger partial charge in [0.1, 0.15) is 5.75 Å². The smallest absolute Gasteiger partial charge is 0.289 e. The summed E-state index contributed by atoms with van der Waals surface area (Å²) in [4.78, 5) is 12.7. The lowest BCUT2D eigenvalue weighted by Crippen LogP contribution is -2.40. The number of piperidine rings is 1. The molecule has 0 saturated carbocycles. The summed E-state index contributed by atoms with van der Waals surface area (Å²) in [7, 11) is -2.47. The average Bonchev–Trinajstić information content (AvgIpc) is 2.74. The number of benzene rings is 2. The van der Waals surface area contributed by atoms with E-state index in [1.807, 2.05) is 24.3 Å². The first-order chi connectivity index (χ1) is 14.3. The van der Waals surface area contributed by atoms with Crippen LogP contribution in [0, 0.1) is 17.0 Å². The number of sulfonamides is 1. The van der Waals surface area contributed by atoms with E-state index in [-0.39, 0.29) is 17.5 Å². The largest absolute Gasteiger partial charge is 0.497 e. The molecule has 1 saturated heterocycles. The SMILES string of the molecule is COc1ccc(C(CNS(=O)(=O)c2c(C)cccc2[N+](=O)[O-])N2CCCCC2)cc1. The summed E-state index contributed by atoms with van der Waals surface area (Å²) in [5.74, 6) is 0.729. The topological polar surface area (TPSA) is 102 Å². The Morgan fingerprint density at radius 1 is 1.13 bits per heavy atom. The fraction of sp³-hybridized carbons (Fsp3) is 0.429. The number of nitrogens with zero attached hydrogens (tertiary/aromatic N) is 2. The lowest BCUT2D eigenvalue weighted by molar-refractivity contribution is -0.387. The van der Waals surface area contributed by atoms with Crippen molar-refractivity contribution in [1.29, 1.82) is 0 Å². The first-order valence-electron chi connectivity index (χ1n) is 9.95. The van der Waals surface area contributed by atoms with Crippen molar-refractivity contribution in [2.75, 3.05) is 26.7 Å². The molecular formula is C21H27N3O5S. The number of nitrogens with one attached hydrogen (secondary N) is 1. The summed E-state index contributed by atoms with van der Waals surface area (Å²) in [6.45, 7) is 3.44.